The van der Waals surface area contributed by atoms with Crippen LogP contribution in [0.5, 0.6) is 0 Å². The molecule has 0 heterocycles. The van der Waals surface area contributed by atoms with Crippen LogP contribution in [0.2, 0.25) is 0 Å². The summed E-state index contributed by atoms with van der Waals surface area (Å²) in [6, 6.07) is 0. The van der Waals surface area contributed by atoms with Crippen LogP contribution in [0, 0.1) is 0 Å². The normalized spacial score (nSPS) is 9.00. The molecule has 0 fully saturated rings. The topological polar surface area (TPSA) is 17.1 Å². The molecule has 0 aliphatic heterocycles. The molecular weight excluding hydrogens is 127 g/mol. The molecule has 0 spiro atoms. The van der Waals surface area contributed by atoms with E-state index in [0.29, 0.717) is 0 Å². The van der Waals surface area contributed by atoms with Gasteiger partial charge >= 0.3 is 49.7 Å². The van der Waals surface area contributed by atoms with Crippen molar-refractivity contribution in [3.8, 4) is 0 Å². The van der Waals surface area contributed by atoms with Crippen LogP contribution < -0.4 is 0 Å². The molecule has 0 aliphatic carbocycles. The van der Waals surface area contributed by atoms with Gasteiger partial charge in [-0.25, -0.2) is 0 Å². The fourth-order valence-corrected chi connectivity index (χ4v) is 1.49. The van der Waals surface area contributed by atoms with Crippen molar-refractivity contribution in [2.45, 2.75) is 13.3 Å². The van der Waals surface area contributed by atoms with Gasteiger partial charge in [0, 0.05) is 0 Å². The van der Waals surface area contributed by atoms with Crippen molar-refractivity contribution in [1.82, 2.24) is 0 Å². The maximum atomic E-state index is 10.1. The molecule has 0 N–H and O–H groups in total. The summed E-state index contributed by atoms with van der Waals surface area (Å²) in [4.78, 5) is 0. The Kier molecular flexibility index (Phi) is 4.88. The van der Waals surface area contributed by atoms with Gasteiger partial charge in [0.25, 0.3) is 0 Å². The predicted molar refractivity (Wildman–Crippen MR) is 36.6 cm³/mol. The second-order valence-electron chi connectivity index (χ2n) is 1.08. The molecule has 0 unspecified atom stereocenters. The zero-order chi connectivity index (χ0) is 5.70. The van der Waals surface area contributed by atoms with Gasteiger partial charge in [0.15, 0.2) is 0 Å². The van der Waals surface area contributed by atoms with Gasteiger partial charge in [-0.3, -0.25) is 0 Å². The standard InChI is InChI=1S/C3H7BOS2/c1-2-3-6-7(4)5/h2-3H2,1H3. The summed E-state index contributed by atoms with van der Waals surface area (Å²) in [6.45, 7) is 6.94. The summed E-state index contributed by atoms with van der Waals surface area (Å²) in [5.41, 5.74) is 0. The van der Waals surface area contributed by atoms with Gasteiger partial charge in [-0.1, -0.05) is 0 Å². The number of rotatable bonds is 2. The molecule has 40 valence electrons. The van der Waals surface area contributed by atoms with Crippen LogP contribution in [0.15, 0.2) is 0 Å². The van der Waals surface area contributed by atoms with E-state index < -0.39 is 9.07 Å². The fourth-order valence-electron chi connectivity index (χ4n) is 0.165. The Morgan fingerprint density at radius 3 is 2.57 bits per heavy atom. The summed E-state index contributed by atoms with van der Waals surface area (Å²) in [5.74, 6) is 0.892. The van der Waals surface area contributed by atoms with Gasteiger partial charge in [0.2, 0.25) is 0 Å². The first-order chi connectivity index (χ1) is 3.27. The van der Waals surface area contributed by atoms with Gasteiger partial charge in [0.05, 0.1) is 0 Å². The first-order valence-electron chi connectivity index (χ1n) is 2.06. The van der Waals surface area contributed by atoms with E-state index in [-0.39, 0.29) is 0 Å². The van der Waals surface area contributed by atoms with Gasteiger partial charge in [-0.15, -0.1) is 0 Å². The van der Waals surface area contributed by atoms with Crippen LogP contribution >= 0.6 is 10.8 Å². The summed E-state index contributed by atoms with van der Waals surface area (Å²) in [7, 11) is 0.132. The molecule has 0 aromatic rings. The molecule has 0 radical (unpaired) electrons. The minimum absolute atomic E-state index is 0.892. The Morgan fingerprint density at radius 1 is 1.86 bits per heavy atom. The second kappa shape index (κ2) is 4.59. The average Bonchev–Trinajstić information content (AvgIpc) is 1.61. The van der Waals surface area contributed by atoms with Crippen molar-refractivity contribution in [1.29, 1.82) is 0 Å². The first kappa shape index (κ1) is 7.43. The summed E-state index contributed by atoms with van der Waals surface area (Å²) >= 11 is 0. The molecule has 0 aromatic heterocycles. The van der Waals surface area contributed by atoms with Crippen molar-refractivity contribution >= 4 is 26.4 Å². The van der Waals surface area contributed by atoms with Crippen molar-refractivity contribution in [2.24, 2.45) is 0 Å². The fraction of sp³-hybridized carbons (Fsp3) is 1.00. The molecule has 0 saturated carbocycles. The minimum atomic E-state index is -1.15. The Bertz CT molecular complexity index is 136. The maximum absolute atomic E-state index is 10.1. The van der Waals surface area contributed by atoms with Crippen molar-refractivity contribution in [3.05, 3.63) is 0 Å². The van der Waals surface area contributed by atoms with Gasteiger partial charge in [0.1, 0.15) is 0 Å². The third-order valence-electron chi connectivity index (χ3n) is 0.404. The van der Waals surface area contributed by atoms with Crippen LogP contribution in [0.25, 0.3) is 0 Å². The summed E-state index contributed by atoms with van der Waals surface area (Å²) in [5, 5.41) is 0. The van der Waals surface area contributed by atoms with Crippen molar-refractivity contribution < 1.29 is 4.21 Å². The Hall–Kier alpha value is 0.435. The third kappa shape index (κ3) is 6.43. The monoisotopic (exact) mass is 134 g/mol. The van der Waals surface area contributed by atoms with Crippen molar-refractivity contribution in [3.63, 3.8) is 0 Å². The first-order valence-corrected chi connectivity index (χ1v) is 4.78. The number of hydrogen-bond acceptors (Lipinski definition) is 2. The number of hydrogen-bond donors (Lipinski definition) is 0. The zero-order valence-corrected chi connectivity index (χ0v) is 5.85. The van der Waals surface area contributed by atoms with Crippen molar-refractivity contribution in [2.75, 3.05) is 5.75 Å². The van der Waals surface area contributed by atoms with E-state index in [1.54, 1.807) is 0 Å². The molecule has 0 bridgehead atoms. The van der Waals surface area contributed by atoms with Crippen LogP contribution in [0.3, 0.4) is 0 Å². The van der Waals surface area contributed by atoms with Gasteiger partial charge < -0.3 is 0 Å². The Morgan fingerprint density at radius 2 is 2.43 bits per heavy atom. The molecular formula is C3H7BOS2. The molecule has 7 heavy (non-hydrogen) atoms. The van der Waals surface area contributed by atoms with Crippen LogP contribution in [0.4, 0.5) is 0 Å². The molecule has 0 aromatic carbocycles. The van der Waals surface area contributed by atoms with E-state index in [1.165, 1.54) is 10.8 Å². The third-order valence-corrected chi connectivity index (χ3v) is 2.41. The van der Waals surface area contributed by atoms with E-state index >= 15 is 0 Å². The van der Waals surface area contributed by atoms with E-state index in [2.05, 4.69) is 0 Å². The zero-order valence-electron chi connectivity index (χ0n) is 4.22. The summed E-state index contributed by atoms with van der Waals surface area (Å²) in [6.07, 6.45) is 1.04. The summed E-state index contributed by atoms with van der Waals surface area (Å²) < 4.78 is 10.1. The Balaban J connectivity index is 3.04. The average molecular weight is 134 g/mol. The van der Waals surface area contributed by atoms with Gasteiger partial charge in [-0.2, -0.15) is 0 Å². The molecule has 0 rings (SSSR count). The SMILES string of the molecule is B#S(=O)SCCC. The van der Waals surface area contributed by atoms with Crippen LogP contribution in [0.1, 0.15) is 13.3 Å². The quantitative estimate of drug-likeness (QED) is 0.411. The molecule has 0 amide bonds. The van der Waals surface area contributed by atoms with Gasteiger partial charge in [-0.05, 0) is 0 Å². The second-order valence-corrected chi connectivity index (χ2v) is 3.94. The van der Waals surface area contributed by atoms with Crippen LogP contribution in [-0.2, 0) is 9.07 Å². The molecule has 1 nitrogen and oxygen atoms in total. The molecule has 0 aliphatic rings. The van der Waals surface area contributed by atoms with E-state index in [1.807, 2.05) is 6.92 Å². The van der Waals surface area contributed by atoms with Crippen LogP contribution in [-0.4, -0.2) is 16.5 Å². The van der Waals surface area contributed by atoms with E-state index in [9.17, 15) is 4.21 Å². The van der Waals surface area contributed by atoms with E-state index in [0.717, 1.165) is 12.2 Å². The predicted octanol–water partition coefficient (Wildman–Crippen LogP) is 0.877. The molecule has 4 heteroatoms. The molecule has 0 saturated heterocycles. The van der Waals surface area contributed by atoms with E-state index in [4.69, 9.17) is 6.53 Å². The Labute approximate surface area is 50.2 Å². The molecule has 0 atom stereocenters.